The predicted molar refractivity (Wildman–Crippen MR) is 102 cm³/mol. The Hall–Kier alpha value is -1.99. The number of methoxy groups -OCH3 is 2. The Morgan fingerprint density at radius 1 is 1.23 bits per heavy atom. The summed E-state index contributed by atoms with van der Waals surface area (Å²) in [6.45, 7) is 4.72. The molecular formula is C19H31N3O4. The minimum absolute atomic E-state index is 0.568. The average Bonchev–Trinajstić information content (AvgIpc) is 3.20. The first-order chi connectivity index (χ1) is 12.8. The lowest BCUT2D eigenvalue weighted by molar-refractivity contribution is 0.0888. The minimum atomic E-state index is 0.568. The molecule has 0 aromatic heterocycles. The molecule has 1 aromatic rings. The first kappa shape index (κ1) is 20.3. The number of aliphatic imine (C=N–C) groups is 1. The highest BCUT2D eigenvalue weighted by atomic mass is 16.5. The molecule has 7 nitrogen and oxygen atoms in total. The summed E-state index contributed by atoms with van der Waals surface area (Å²) in [6.07, 6.45) is 2.05. The molecule has 2 rings (SSSR count). The zero-order chi connectivity index (χ0) is 18.6. The van der Waals surface area contributed by atoms with E-state index in [0.29, 0.717) is 12.5 Å². The molecule has 0 amide bonds. The first-order valence-corrected chi connectivity index (χ1v) is 9.07. The van der Waals surface area contributed by atoms with Gasteiger partial charge in [-0.2, -0.15) is 0 Å². The molecule has 1 unspecified atom stereocenters. The Morgan fingerprint density at radius 2 is 2.08 bits per heavy atom. The summed E-state index contributed by atoms with van der Waals surface area (Å²) in [5, 5.41) is 6.59. The van der Waals surface area contributed by atoms with E-state index in [2.05, 4.69) is 15.6 Å². The molecule has 2 N–H and O–H groups in total. The standard InChI is InChI=1S/C19H31N3O4/c1-20-19(21-8-4-9-25-13-16-7-10-26-14-16)22-12-15-5-6-17(23-2)18(11-15)24-3/h5-6,11,16H,4,7-10,12-14H2,1-3H3,(H2,20,21,22). The predicted octanol–water partition coefficient (Wildman–Crippen LogP) is 1.81. The minimum Gasteiger partial charge on any atom is -0.493 e. The van der Waals surface area contributed by atoms with Gasteiger partial charge in [-0.05, 0) is 30.5 Å². The molecule has 1 aliphatic heterocycles. The molecule has 0 radical (unpaired) electrons. The van der Waals surface area contributed by atoms with E-state index in [1.165, 1.54) is 0 Å². The Labute approximate surface area is 156 Å². The van der Waals surface area contributed by atoms with Gasteiger partial charge in [-0.1, -0.05) is 6.07 Å². The van der Waals surface area contributed by atoms with Crippen LogP contribution in [0.4, 0.5) is 0 Å². The topological polar surface area (TPSA) is 73.3 Å². The Balaban J connectivity index is 1.62. The van der Waals surface area contributed by atoms with Crippen LogP contribution in [0.1, 0.15) is 18.4 Å². The van der Waals surface area contributed by atoms with Gasteiger partial charge in [0, 0.05) is 39.3 Å². The van der Waals surface area contributed by atoms with Gasteiger partial charge in [-0.25, -0.2) is 0 Å². The van der Waals surface area contributed by atoms with Crippen molar-refractivity contribution in [3.05, 3.63) is 23.8 Å². The van der Waals surface area contributed by atoms with Crippen LogP contribution in [0.2, 0.25) is 0 Å². The van der Waals surface area contributed by atoms with Gasteiger partial charge in [-0.15, -0.1) is 0 Å². The molecule has 1 saturated heterocycles. The summed E-state index contributed by atoms with van der Waals surface area (Å²) in [7, 11) is 5.03. The van der Waals surface area contributed by atoms with Crippen LogP contribution in [-0.4, -0.2) is 60.2 Å². The van der Waals surface area contributed by atoms with Crippen LogP contribution in [0.15, 0.2) is 23.2 Å². The molecule has 1 fully saturated rings. The van der Waals surface area contributed by atoms with Crippen molar-refractivity contribution in [3.8, 4) is 11.5 Å². The second kappa shape index (κ2) is 11.6. The maximum atomic E-state index is 5.70. The zero-order valence-corrected chi connectivity index (χ0v) is 16.0. The fourth-order valence-electron chi connectivity index (χ4n) is 2.74. The first-order valence-electron chi connectivity index (χ1n) is 9.07. The normalized spacial score (nSPS) is 17.2. The average molecular weight is 365 g/mol. The number of hydrogen-bond donors (Lipinski definition) is 2. The van der Waals surface area contributed by atoms with E-state index in [9.17, 15) is 0 Å². The molecule has 146 valence electrons. The van der Waals surface area contributed by atoms with Crippen LogP contribution in [0.3, 0.4) is 0 Å². The Morgan fingerprint density at radius 3 is 2.77 bits per heavy atom. The van der Waals surface area contributed by atoms with Crippen LogP contribution in [0.25, 0.3) is 0 Å². The summed E-state index contributed by atoms with van der Waals surface area (Å²) in [5.74, 6) is 2.78. The lowest BCUT2D eigenvalue weighted by atomic mass is 10.1. The molecule has 1 aromatic carbocycles. The highest BCUT2D eigenvalue weighted by molar-refractivity contribution is 5.79. The summed E-state index contributed by atoms with van der Waals surface area (Å²) in [5.41, 5.74) is 1.09. The molecule has 0 spiro atoms. The highest BCUT2D eigenvalue weighted by Crippen LogP contribution is 2.27. The van der Waals surface area contributed by atoms with Gasteiger partial charge < -0.3 is 29.6 Å². The Kier molecular flexibility index (Phi) is 9.06. The number of benzene rings is 1. The van der Waals surface area contributed by atoms with Crippen molar-refractivity contribution in [1.82, 2.24) is 10.6 Å². The van der Waals surface area contributed by atoms with Crippen molar-refractivity contribution in [2.24, 2.45) is 10.9 Å². The summed E-state index contributed by atoms with van der Waals surface area (Å²) in [6, 6.07) is 5.86. The van der Waals surface area contributed by atoms with Gasteiger partial charge in [0.1, 0.15) is 0 Å². The van der Waals surface area contributed by atoms with Crippen molar-refractivity contribution in [2.45, 2.75) is 19.4 Å². The third-order valence-electron chi connectivity index (χ3n) is 4.27. The number of ether oxygens (including phenoxy) is 4. The van der Waals surface area contributed by atoms with Gasteiger partial charge >= 0.3 is 0 Å². The highest BCUT2D eigenvalue weighted by Gasteiger charge is 2.15. The zero-order valence-electron chi connectivity index (χ0n) is 16.0. The molecular weight excluding hydrogens is 334 g/mol. The summed E-state index contributed by atoms with van der Waals surface area (Å²) >= 11 is 0. The SMILES string of the molecule is CN=C(NCCCOCC1CCOC1)NCc1ccc(OC)c(OC)c1. The van der Waals surface area contributed by atoms with Crippen LogP contribution in [0.5, 0.6) is 11.5 Å². The van der Waals surface area contributed by atoms with Gasteiger partial charge in [0.2, 0.25) is 0 Å². The monoisotopic (exact) mass is 365 g/mol. The number of guanidine groups is 1. The molecule has 0 bridgehead atoms. The van der Waals surface area contributed by atoms with Crippen LogP contribution < -0.4 is 20.1 Å². The van der Waals surface area contributed by atoms with Crippen LogP contribution in [-0.2, 0) is 16.0 Å². The second-order valence-corrected chi connectivity index (χ2v) is 6.20. The fourth-order valence-corrected chi connectivity index (χ4v) is 2.74. The molecule has 7 heteroatoms. The number of hydrogen-bond acceptors (Lipinski definition) is 5. The molecule has 0 saturated carbocycles. The van der Waals surface area contributed by atoms with E-state index in [1.807, 2.05) is 18.2 Å². The molecule has 1 heterocycles. The summed E-state index contributed by atoms with van der Waals surface area (Å²) in [4.78, 5) is 4.24. The lowest BCUT2D eigenvalue weighted by Gasteiger charge is -2.14. The van der Waals surface area contributed by atoms with E-state index >= 15 is 0 Å². The van der Waals surface area contributed by atoms with E-state index in [4.69, 9.17) is 18.9 Å². The summed E-state index contributed by atoms with van der Waals surface area (Å²) < 4.78 is 21.6. The van der Waals surface area contributed by atoms with Crippen molar-refractivity contribution in [3.63, 3.8) is 0 Å². The van der Waals surface area contributed by atoms with Crippen molar-refractivity contribution >= 4 is 5.96 Å². The van der Waals surface area contributed by atoms with Crippen molar-refractivity contribution < 1.29 is 18.9 Å². The van der Waals surface area contributed by atoms with Crippen molar-refractivity contribution in [1.29, 1.82) is 0 Å². The molecule has 26 heavy (non-hydrogen) atoms. The largest absolute Gasteiger partial charge is 0.493 e. The van der Waals surface area contributed by atoms with E-state index in [0.717, 1.165) is 68.8 Å². The van der Waals surface area contributed by atoms with Gasteiger partial charge in [-0.3, -0.25) is 4.99 Å². The fraction of sp³-hybridized carbons (Fsp3) is 0.632. The van der Waals surface area contributed by atoms with Gasteiger partial charge in [0.25, 0.3) is 0 Å². The van der Waals surface area contributed by atoms with Crippen LogP contribution in [0, 0.1) is 5.92 Å². The van der Waals surface area contributed by atoms with Crippen LogP contribution >= 0.6 is 0 Å². The van der Waals surface area contributed by atoms with E-state index in [-0.39, 0.29) is 0 Å². The van der Waals surface area contributed by atoms with Gasteiger partial charge in [0.15, 0.2) is 17.5 Å². The molecule has 1 aliphatic rings. The smallest absolute Gasteiger partial charge is 0.191 e. The number of nitrogens with zero attached hydrogens (tertiary/aromatic N) is 1. The van der Waals surface area contributed by atoms with Gasteiger partial charge in [0.05, 0.1) is 27.4 Å². The number of nitrogens with one attached hydrogen (secondary N) is 2. The molecule has 0 aliphatic carbocycles. The maximum Gasteiger partial charge on any atom is 0.191 e. The molecule has 1 atom stereocenters. The third kappa shape index (κ3) is 6.72. The quantitative estimate of drug-likeness (QED) is 0.374. The third-order valence-corrected chi connectivity index (χ3v) is 4.27. The lowest BCUT2D eigenvalue weighted by Crippen LogP contribution is -2.37. The Bertz CT molecular complexity index is 560. The second-order valence-electron chi connectivity index (χ2n) is 6.20. The maximum absolute atomic E-state index is 5.70. The number of rotatable bonds is 10. The van der Waals surface area contributed by atoms with Crippen molar-refractivity contribution in [2.75, 3.05) is 54.2 Å². The van der Waals surface area contributed by atoms with E-state index in [1.54, 1.807) is 21.3 Å². The van der Waals surface area contributed by atoms with E-state index < -0.39 is 0 Å².